The first-order valence-electron chi connectivity index (χ1n) is 9.68. The van der Waals surface area contributed by atoms with Crippen LogP contribution in [0, 0.1) is 11.7 Å². The topological polar surface area (TPSA) is 61.4 Å². The molecule has 0 aromatic heterocycles. The van der Waals surface area contributed by atoms with Gasteiger partial charge in [0, 0.05) is 30.6 Å². The maximum Gasteiger partial charge on any atom is 0.247 e. The summed E-state index contributed by atoms with van der Waals surface area (Å²) in [6.45, 7) is 9.60. The van der Waals surface area contributed by atoms with Crippen molar-refractivity contribution in [1.29, 1.82) is 0 Å². The largest absolute Gasteiger partial charge is 0.352 e. The normalized spacial score (nSPS) is 25.1. The van der Waals surface area contributed by atoms with Gasteiger partial charge in [-0.05, 0) is 64.2 Å². The van der Waals surface area contributed by atoms with E-state index in [1.54, 1.807) is 17.0 Å². The minimum absolute atomic E-state index is 0.00215. The molecule has 27 heavy (non-hydrogen) atoms. The molecule has 2 fully saturated rings. The first-order valence-corrected chi connectivity index (χ1v) is 9.68. The van der Waals surface area contributed by atoms with Gasteiger partial charge in [0.05, 0.1) is 0 Å². The summed E-state index contributed by atoms with van der Waals surface area (Å²) in [5.74, 6) is -0.292. The number of nitrogens with zero attached hydrogens (tertiary/aromatic N) is 1. The number of piperazine rings is 1. The van der Waals surface area contributed by atoms with Gasteiger partial charge in [-0.1, -0.05) is 12.1 Å². The van der Waals surface area contributed by atoms with E-state index >= 15 is 0 Å². The highest BCUT2D eigenvalue weighted by Crippen LogP contribution is 2.36. The van der Waals surface area contributed by atoms with Gasteiger partial charge < -0.3 is 15.5 Å². The Kier molecular flexibility index (Phi) is 5.30. The number of nitrogens with one attached hydrogen (secondary N) is 2. The van der Waals surface area contributed by atoms with Gasteiger partial charge in [0.15, 0.2) is 0 Å². The van der Waals surface area contributed by atoms with Crippen LogP contribution in [0.4, 0.5) is 4.39 Å². The molecule has 1 aromatic carbocycles. The molecular formula is C21H30FN3O2. The van der Waals surface area contributed by atoms with Crippen molar-refractivity contribution in [2.75, 3.05) is 13.1 Å². The van der Waals surface area contributed by atoms with Gasteiger partial charge in [-0.3, -0.25) is 9.59 Å². The Balaban J connectivity index is 1.77. The number of carbonyl (C=O) groups excluding carboxylic acids is 2. The molecule has 148 valence electrons. The summed E-state index contributed by atoms with van der Waals surface area (Å²) in [5.41, 5.74) is 0.595. The quantitative estimate of drug-likeness (QED) is 0.854. The van der Waals surface area contributed by atoms with E-state index in [1.165, 1.54) is 12.1 Å². The monoisotopic (exact) mass is 375 g/mol. The average molecular weight is 375 g/mol. The molecule has 0 radical (unpaired) electrons. The molecule has 2 saturated heterocycles. The molecule has 0 bridgehead atoms. The second kappa shape index (κ2) is 7.23. The Labute approximate surface area is 160 Å². The molecule has 3 rings (SSSR count). The van der Waals surface area contributed by atoms with Crippen molar-refractivity contribution < 1.29 is 14.0 Å². The molecule has 0 unspecified atom stereocenters. The fourth-order valence-electron chi connectivity index (χ4n) is 4.95. The summed E-state index contributed by atoms with van der Waals surface area (Å²) < 4.78 is 13.3. The van der Waals surface area contributed by atoms with Crippen molar-refractivity contribution in [2.45, 2.75) is 64.1 Å². The van der Waals surface area contributed by atoms with Gasteiger partial charge in [-0.25, -0.2) is 4.39 Å². The van der Waals surface area contributed by atoms with E-state index in [9.17, 15) is 14.0 Å². The minimum atomic E-state index is -0.686. The second-order valence-corrected chi connectivity index (χ2v) is 9.20. The molecule has 2 aliphatic heterocycles. The molecule has 2 aliphatic rings. The van der Waals surface area contributed by atoms with Crippen molar-refractivity contribution in [3.05, 3.63) is 35.6 Å². The molecule has 2 N–H and O–H groups in total. The molecule has 6 heteroatoms. The highest BCUT2D eigenvalue weighted by molar-refractivity contribution is 5.89. The van der Waals surface area contributed by atoms with Crippen molar-refractivity contribution in [3.8, 4) is 0 Å². The van der Waals surface area contributed by atoms with Crippen LogP contribution in [0.1, 0.15) is 58.6 Å². The molecule has 1 atom stereocenters. The van der Waals surface area contributed by atoms with Crippen LogP contribution in [0.15, 0.2) is 24.3 Å². The SMILES string of the molecule is CC1(C)CC(CC(=O)N2CCNC(=O)[C@H]2c2ccc(F)cc2)CC(C)(C)N1. The number of halogens is 1. The van der Waals surface area contributed by atoms with Gasteiger partial charge >= 0.3 is 0 Å². The summed E-state index contributed by atoms with van der Waals surface area (Å²) in [5, 5.41) is 6.46. The summed E-state index contributed by atoms with van der Waals surface area (Å²) in [6, 6.07) is 5.15. The average Bonchev–Trinajstić information content (AvgIpc) is 2.52. The Morgan fingerprint density at radius 2 is 1.74 bits per heavy atom. The number of rotatable bonds is 3. The second-order valence-electron chi connectivity index (χ2n) is 9.20. The molecule has 0 spiro atoms. The zero-order valence-corrected chi connectivity index (χ0v) is 16.6. The Bertz CT molecular complexity index is 699. The molecule has 0 saturated carbocycles. The van der Waals surface area contributed by atoms with Crippen molar-refractivity contribution >= 4 is 11.8 Å². The lowest BCUT2D eigenvalue weighted by molar-refractivity contribution is -0.144. The van der Waals surface area contributed by atoms with Crippen molar-refractivity contribution in [3.63, 3.8) is 0 Å². The van der Waals surface area contributed by atoms with Gasteiger partial charge in [-0.15, -0.1) is 0 Å². The van der Waals surface area contributed by atoms with E-state index in [-0.39, 0.29) is 34.6 Å². The maximum absolute atomic E-state index is 13.3. The summed E-state index contributed by atoms with van der Waals surface area (Å²) >= 11 is 0. The molecular weight excluding hydrogens is 345 g/mol. The zero-order chi connectivity index (χ0) is 19.8. The Hall–Kier alpha value is -1.95. The van der Waals surface area contributed by atoms with Crippen LogP contribution < -0.4 is 10.6 Å². The van der Waals surface area contributed by atoms with Gasteiger partial charge in [-0.2, -0.15) is 0 Å². The van der Waals surface area contributed by atoms with E-state index in [4.69, 9.17) is 0 Å². The lowest BCUT2D eigenvalue weighted by Crippen LogP contribution is -2.58. The first kappa shape index (κ1) is 19.8. The van der Waals surface area contributed by atoms with E-state index in [2.05, 4.69) is 38.3 Å². The van der Waals surface area contributed by atoms with E-state index in [1.807, 2.05) is 0 Å². The van der Waals surface area contributed by atoms with Crippen LogP contribution in [0.3, 0.4) is 0 Å². The lowest BCUT2D eigenvalue weighted by Gasteiger charge is -2.47. The van der Waals surface area contributed by atoms with E-state index in [0.29, 0.717) is 25.1 Å². The third kappa shape index (κ3) is 4.67. The third-order valence-electron chi connectivity index (χ3n) is 5.46. The van der Waals surface area contributed by atoms with Crippen LogP contribution in [0.5, 0.6) is 0 Å². The summed E-state index contributed by atoms with van der Waals surface area (Å²) in [4.78, 5) is 27.3. The maximum atomic E-state index is 13.3. The number of hydrogen-bond acceptors (Lipinski definition) is 3. The van der Waals surface area contributed by atoms with Crippen LogP contribution in [-0.4, -0.2) is 40.9 Å². The van der Waals surface area contributed by atoms with E-state index < -0.39 is 6.04 Å². The highest BCUT2D eigenvalue weighted by Gasteiger charge is 2.40. The van der Waals surface area contributed by atoms with Crippen LogP contribution in [0.25, 0.3) is 0 Å². The molecule has 2 amide bonds. The zero-order valence-electron chi connectivity index (χ0n) is 16.6. The molecule has 1 aromatic rings. The minimum Gasteiger partial charge on any atom is -0.352 e. The highest BCUT2D eigenvalue weighted by atomic mass is 19.1. The number of amides is 2. The number of carbonyl (C=O) groups is 2. The predicted octanol–water partition coefficient (Wildman–Crippen LogP) is 2.77. The van der Waals surface area contributed by atoms with Gasteiger partial charge in [0.25, 0.3) is 0 Å². The number of piperidine rings is 1. The lowest BCUT2D eigenvalue weighted by atomic mass is 9.74. The van der Waals surface area contributed by atoms with Crippen LogP contribution >= 0.6 is 0 Å². The number of hydrogen-bond donors (Lipinski definition) is 2. The van der Waals surface area contributed by atoms with Crippen molar-refractivity contribution in [2.24, 2.45) is 5.92 Å². The van der Waals surface area contributed by atoms with E-state index in [0.717, 1.165) is 12.8 Å². The summed E-state index contributed by atoms with van der Waals surface area (Å²) in [7, 11) is 0. The predicted molar refractivity (Wildman–Crippen MR) is 102 cm³/mol. The fourth-order valence-corrected chi connectivity index (χ4v) is 4.95. The summed E-state index contributed by atoms with van der Waals surface area (Å²) in [6.07, 6.45) is 2.27. The number of benzene rings is 1. The first-order chi connectivity index (χ1) is 12.6. The molecule has 0 aliphatic carbocycles. The molecule has 2 heterocycles. The molecule has 5 nitrogen and oxygen atoms in total. The van der Waals surface area contributed by atoms with Gasteiger partial charge in [0.1, 0.15) is 11.9 Å². The van der Waals surface area contributed by atoms with Crippen LogP contribution in [-0.2, 0) is 9.59 Å². The third-order valence-corrected chi connectivity index (χ3v) is 5.46. The van der Waals surface area contributed by atoms with Gasteiger partial charge in [0.2, 0.25) is 11.8 Å². The smallest absolute Gasteiger partial charge is 0.247 e. The Morgan fingerprint density at radius 3 is 2.33 bits per heavy atom. The fraction of sp³-hybridized carbons (Fsp3) is 0.619. The van der Waals surface area contributed by atoms with Crippen molar-refractivity contribution in [1.82, 2.24) is 15.5 Å². The Morgan fingerprint density at radius 1 is 1.15 bits per heavy atom. The standard InChI is InChI=1S/C21H30FN3O2/c1-20(2)12-14(13-21(3,4)24-20)11-17(26)25-10-9-23-19(27)18(25)15-5-7-16(22)8-6-15/h5-8,14,18,24H,9-13H2,1-4H3,(H,23,27)/t18-/m1/s1. The van der Waals surface area contributed by atoms with Crippen LogP contribution in [0.2, 0.25) is 0 Å².